The van der Waals surface area contributed by atoms with Gasteiger partial charge in [-0.2, -0.15) is 0 Å². The molecule has 0 bridgehead atoms. The van der Waals surface area contributed by atoms with E-state index in [1.54, 1.807) is 12.1 Å². The monoisotopic (exact) mass is 315 g/mol. The number of anilines is 2. The number of para-hydroxylation sites is 1. The van der Waals surface area contributed by atoms with Gasteiger partial charge in [-0.3, -0.25) is 4.79 Å². The Balaban J connectivity index is 1.67. The molecule has 0 atom stereocenters. The molecule has 1 N–H and O–H groups in total. The van der Waals surface area contributed by atoms with Gasteiger partial charge in [-0.1, -0.05) is 12.1 Å². The minimum Gasteiger partial charge on any atom is -0.338 e. The van der Waals surface area contributed by atoms with Crippen molar-refractivity contribution in [3.8, 4) is 0 Å². The maximum Gasteiger partial charge on any atom is 0.258 e. The van der Waals surface area contributed by atoms with Crippen LogP contribution in [-0.2, 0) is 0 Å². The molecule has 1 aromatic carbocycles. The first-order valence-electron chi connectivity index (χ1n) is 7.45. The van der Waals surface area contributed by atoms with E-state index < -0.39 is 11.7 Å². The predicted molar refractivity (Wildman–Crippen MR) is 86.1 cm³/mol. The number of hydrogen-bond donors (Lipinski definition) is 1. The van der Waals surface area contributed by atoms with Crippen LogP contribution in [0.15, 0.2) is 36.7 Å². The number of carbonyl (C=O) groups excluding carboxylic acids is 1. The summed E-state index contributed by atoms with van der Waals surface area (Å²) in [6.07, 6.45) is 2.94. The van der Waals surface area contributed by atoms with Crippen LogP contribution in [0, 0.1) is 5.82 Å². The zero-order chi connectivity index (χ0) is 16.2. The quantitative estimate of drug-likeness (QED) is 0.932. The molecule has 0 radical (unpaired) electrons. The van der Waals surface area contributed by atoms with E-state index >= 15 is 0 Å². The summed E-state index contributed by atoms with van der Waals surface area (Å²) in [6.45, 7) is 3.63. The summed E-state index contributed by atoms with van der Waals surface area (Å²) in [5.41, 5.74) is 0.437. The summed E-state index contributed by atoms with van der Waals surface area (Å²) in [4.78, 5) is 25.0. The number of nitrogens with zero attached hydrogens (tertiary/aromatic N) is 4. The van der Waals surface area contributed by atoms with E-state index in [-0.39, 0.29) is 5.69 Å². The van der Waals surface area contributed by atoms with Gasteiger partial charge in [-0.15, -0.1) is 0 Å². The SMILES string of the molecule is CN1CCN(c2ncc(C(=O)Nc3ccccc3F)cn2)CC1. The smallest absolute Gasteiger partial charge is 0.258 e. The van der Waals surface area contributed by atoms with E-state index in [0.29, 0.717) is 11.5 Å². The van der Waals surface area contributed by atoms with Gasteiger partial charge in [0.2, 0.25) is 5.95 Å². The van der Waals surface area contributed by atoms with Crippen molar-refractivity contribution >= 4 is 17.5 Å². The molecule has 3 rings (SSSR count). The molecule has 6 nitrogen and oxygen atoms in total. The lowest BCUT2D eigenvalue weighted by molar-refractivity contribution is 0.102. The number of aromatic nitrogens is 2. The van der Waals surface area contributed by atoms with E-state index in [1.807, 2.05) is 0 Å². The number of halogens is 1. The van der Waals surface area contributed by atoms with Crippen LogP contribution in [0.3, 0.4) is 0 Å². The summed E-state index contributed by atoms with van der Waals surface area (Å²) in [5.74, 6) is -0.295. The van der Waals surface area contributed by atoms with Crippen LogP contribution in [0.1, 0.15) is 10.4 Å². The molecule has 120 valence electrons. The Morgan fingerprint density at radius 1 is 1.13 bits per heavy atom. The topological polar surface area (TPSA) is 61.4 Å². The van der Waals surface area contributed by atoms with Crippen molar-refractivity contribution < 1.29 is 9.18 Å². The first kappa shape index (κ1) is 15.4. The third kappa shape index (κ3) is 3.62. The van der Waals surface area contributed by atoms with Gasteiger partial charge in [-0.25, -0.2) is 14.4 Å². The fraction of sp³-hybridized carbons (Fsp3) is 0.312. The number of amides is 1. The minimum absolute atomic E-state index is 0.139. The summed E-state index contributed by atoms with van der Waals surface area (Å²) in [5, 5.41) is 2.52. The lowest BCUT2D eigenvalue weighted by atomic mass is 10.2. The Kier molecular flexibility index (Phi) is 4.47. The van der Waals surface area contributed by atoms with E-state index in [4.69, 9.17) is 0 Å². The fourth-order valence-electron chi connectivity index (χ4n) is 2.37. The zero-order valence-corrected chi connectivity index (χ0v) is 12.9. The second-order valence-electron chi connectivity index (χ2n) is 5.50. The van der Waals surface area contributed by atoms with Crippen LogP contribution in [0.2, 0.25) is 0 Å². The molecule has 7 heteroatoms. The fourth-order valence-corrected chi connectivity index (χ4v) is 2.37. The standard InChI is InChI=1S/C16H18FN5O/c1-21-6-8-22(9-7-21)16-18-10-12(11-19-16)15(23)20-14-5-3-2-4-13(14)17/h2-5,10-11H,6-9H2,1H3,(H,20,23). The summed E-state index contributed by atoms with van der Waals surface area (Å²) in [7, 11) is 2.08. The summed E-state index contributed by atoms with van der Waals surface area (Å²) < 4.78 is 13.5. The zero-order valence-electron chi connectivity index (χ0n) is 12.9. The van der Waals surface area contributed by atoms with Crippen molar-refractivity contribution in [2.45, 2.75) is 0 Å². The average Bonchev–Trinajstić information content (AvgIpc) is 2.58. The molecule has 1 amide bonds. The Hall–Kier alpha value is -2.54. The van der Waals surface area contributed by atoms with Crippen LogP contribution in [0.5, 0.6) is 0 Å². The average molecular weight is 315 g/mol. The number of likely N-dealkylation sites (N-methyl/N-ethyl adjacent to an activating group) is 1. The Morgan fingerprint density at radius 3 is 2.43 bits per heavy atom. The molecular formula is C16H18FN5O. The van der Waals surface area contributed by atoms with Crippen molar-refractivity contribution in [3.05, 3.63) is 48.0 Å². The molecular weight excluding hydrogens is 297 g/mol. The normalized spacial score (nSPS) is 15.5. The highest BCUT2D eigenvalue weighted by Gasteiger charge is 2.17. The van der Waals surface area contributed by atoms with E-state index in [1.165, 1.54) is 24.5 Å². The second-order valence-corrected chi connectivity index (χ2v) is 5.50. The highest BCUT2D eigenvalue weighted by Crippen LogP contribution is 2.15. The molecule has 0 aliphatic carbocycles. The maximum atomic E-state index is 13.5. The number of nitrogens with one attached hydrogen (secondary N) is 1. The Labute approximate surface area is 134 Å². The molecule has 1 aromatic heterocycles. The third-order valence-corrected chi connectivity index (χ3v) is 3.81. The largest absolute Gasteiger partial charge is 0.338 e. The Bertz CT molecular complexity index is 683. The molecule has 2 aromatic rings. The molecule has 23 heavy (non-hydrogen) atoms. The lowest BCUT2D eigenvalue weighted by Gasteiger charge is -2.32. The van der Waals surface area contributed by atoms with Gasteiger partial charge in [0.15, 0.2) is 0 Å². The van der Waals surface area contributed by atoms with E-state index in [2.05, 4.69) is 32.1 Å². The predicted octanol–water partition coefficient (Wildman–Crippen LogP) is 1.62. The number of carbonyl (C=O) groups is 1. The van der Waals surface area contributed by atoms with Crippen molar-refractivity contribution in [2.24, 2.45) is 0 Å². The lowest BCUT2D eigenvalue weighted by Crippen LogP contribution is -2.45. The molecule has 1 saturated heterocycles. The highest BCUT2D eigenvalue weighted by atomic mass is 19.1. The van der Waals surface area contributed by atoms with Gasteiger partial charge < -0.3 is 15.1 Å². The van der Waals surface area contributed by atoms with Gasteiger partial charge >= 0.3 is 0 Å². The van der Waals surface area contributed by atoms with Gasteiger partial charge in [0.1, 0.15) is 5.82 Å². The van der Waals surface area contributed by atoms with Crippen molar-refractivity contribution in [1.29, 1.82) is 0 Å². The van der Waals surface area contributed by atoms with Crippen LogP contribution >= 0.6 is 0 Å². The van der Waals surface area contributed by atoms with Crippen LogP contribution in [-0.4, -0.2) is 54.0 Å². The summed E-state index contributed by atoms with van der Waals surface area (Å²) >= 11 is 0. The van der Waals surface area contributed by atoms with Gasteiger partial charge in [0.05, 0.1) is 11.3 Å². The van der Waals surface area contributed by atoms with Crippen molar-refractivity contribution in [3.63, 3.8) is 0 Å². The van der Waals surface area contributed by atoms with Gasteiger partial charge in [0.25, 0.3) is 5.91 Å². The van der Waals surface area contributed by atoms with Gasteiger partial charge in [0, 0.05) is 38.6 Å². The van der Waals surface area contributed by atoms with Crippen molar-refractivity contribution in [1.82, 2.24) is 14.9 Å². The second kappa shape index (κ2) is 6.70. The molecule has 0 saturated carbocycles. The summed E-state index contributed by atoms with van der Waals surface area (Å²) in [6, 6.07) is 6.03. The molecule has 0 spiro atoms. The first-order chi connectivity index (χ1) is 11.1. The third-order valence-electron chi connectivity index (χ3n) is 3.81. The number of benzene rings is 1. The first-order valence-corrected chi connectivity index (χ1v) is 7.45. The highest BCUT2D eigenvalue weighted by molar-refractivity contribution is 6.03. The number of piperazine rings is 1. The molecule has 1 fully saturated rings. The molecule has 0 unspecified atom stereocenters. The molecule has 2 heterocycles. The molecule has 1 aliphatic rings. The minimum atomic E-state index is -0.476. The van der Waals surface area contributed by atoms with E-state index in [9.17, 15) is 9.18 Å². The van der Waals surface area contributed by atoms with Gasteiger partial charge in [-0.05, 0) is 19.2 Å². The van der Waals surface area contributed by atoms with E-state index in [0.717, 1.165) is 26.2 Å². The maximum absolute atomic E-state index is 13.5. The van der Waals surface area contributed by atoms with Crippen LogP contribution in [0.25, 0.3) is 0 Å². The van der Waals surface area contributed by atoms with Crippen LogP contribution < -0.4 is 10.2 Å². The number of hydrogen-bond acceptors (Lipinski definition) is 5. The number of rotatable bonds is 3. The van der Waals surface area contributed by atoms with Crippen molar-refractivity contribution in [2.75, 3.05) is 43.4 Å². The molecule has 1 aliphatic heterocycles. The van der Waals surface area contributed by atoms with Crippen LogP contribution in [0.4, 0.5) is 16.0 Å². The Morgan fingerprint density at radius 2 is 1.78 bits per heavy atom.